The molecule has 0 aliphatic heterocycles. The van der Waals surface area contributed by atoms with E-state index in [1.807, 2.05) is 20.8 Å². The van der Waals surface area contributed by atoms with Gasteiger partial charge in [-0.25, -0.2) is 0 Å². The summed E-state index contributed by atoms with van der Waals surface area (Å²) in [5.41, 5.74) is -2.33. The molecule has 2 N–H and O–H groups in total. The van der Waals surface area contributed by atoms with Crippen molar-refractivity contribution in [3.05, 3.63) is 53.2 Å². The molecule has 35 heavy (non-hydrogen) atoms. The van der Waals surface area contributed by atoms with E-state index >= 15 is 0 Å². The summed E-state index contributed by atoms with van der Waals surface area (Å²) < 4.78 is 88.6. The quantitative estimate of drug-likeness (QED) is 0.240. The lowest BCUT2D eigenvalue weighted by Crippen LogP contribution is -2.17. The first-order valence-electron chi connectivity index (χ1n) is 11.2. The molecule has 0 aliphatic carbocycles. The Morgan fingerprint density at radius 2 is 1.63 bits per heavy atom. The van der Waals surface area contributed by atoms with Crippen molar-refractivity contribution in [1.82, 2.24) is 4.98 Å². The number of aromatic amines is 1. The van der Waals surface area contributed by atoms with Crippen LogP contribution in [0, 0.1) is 0 Å². The number of hydrogen-bond acceptors (Lipinski definition) is 2. The van der Waals surface area contributed by atoms with Crippen LogP contribution in [0.25, 0.3) is 10.9 Å². The van der Waals surface area contributed by atoms with Crippen molar-refractivity contribution < 1.29 is 35.9 Å². The van der Waals surface area contributed by atoms with Crippen LogP contribution in [-0.2, 0) is 17.1 Å². The SMILES string of the molecule is CCCCCC(=O)Nc1cc(C(F)(F)F)c(Oc2ccc3[nH]cc(C(C)C)c3c2)c(C(F)(F)F)c1. The molecule has 1 aromatic heterocycles. The third kappa shape index (κ3) is 6.29. The maximum atomic E-state index is 13.9. The minimum Gasteiger partial charge on any atom is -0.456 e. The second-order valence-electron chi connectivity index (χ2n) is 8.61. The van der Waals surface area contributed by atoms with Crippen molar-refractivity contribution >= 4 is 22.5 Å². The van der Waals surface area contributed by atoms with Gasteiger partial charge in [0.2, 0.25) is 5.91 Å². The lowest BCUT2D eigenvalue weighted by molar-refractivity contribution is -0.145. The van der Waals surface area contributed by atoms with Crippen LogP contribution < -0.4 is 10.1 Å². The Morgan fingerprint density at radius 1 is 1.00 bits per heavy atom. The van der Waals surface area contributed by atoms with Crippen LogP contribution >= 0.6 is 0 Å². The number of fused-ring (bicyclic) bond motifs is 1. The second-order valence-corrected chi connectivity index (χ2v) is 8.61. The number of benzene rings is 2. The highest BCUT2D eigenvalue weighted by Gasteiger charge is 2.43. The Morgan fingerprint density at radius 3 is 2.17 bits per heavy atom. The van der Waals surface area contributed by atoms with Gasteiger partial charge >= 0.3 is 12.4 Å². The molecule has 4 nitrogen and oxygen atoms in total. The van der Waals surface area contributed by atoms with Gasteiger partial charge in [-0.1, -0.05) is 33.6 Å². The molecule has 3 rings (SSSR count). The van der Waals surface area contributed by atoms with E-state index in [9.17, 15) is 31.1 Å². The summed E-state index contributed by atoms with van der Waals surface area (Å²) in [6.45, 7) is 5.73. The number of unbranched alkanes of at least 4 members (excludes halogenated alkanes) is 2. The summed E-state index contributed by atoms with van der Waals surface area (Å²) in [5, 5.41) is 2.79. The largest absolute Gasteiger partial charge is 0.456 e. The van der Waals surface area contributed by atoms with Gasteiger partial charge < -0.3 is 15.0 Å². The van der Waals surface area contributed by atoms with Crippen LogP contribution in [0.1, 0.15) is 69.1 Å². The molecule has 0 aliphatic rings. The fourth-order valence-corrected chi connectivity index (χ4v) is 3.77. The Kier molecular flexibility index (Phi) is 7.71. The van der Waals surface area contributed by atoms with Crippen molar-refractivity contribution in [2.24, 2.45) is 0 Å². The van der Waals surface area contributed by atoms with E-state index in [2.05, 4.69) is 10.3 Å². The molecule has 0 atom stereocenters. The molecule has 0 fully saturated rings. The van der Waals surface area contributed by atoms with E-state index in [1.54, 1.807) is 6.20 Å². The summed E-state index contributed by atoms with van der Waals surface area (Å²) >= 11 is 0. The van der Waals surface area contributed by atoms with Gasteiger partial charge in [0.25, 0.3) is 0 Å². The Bertz CT molecular complexity index is 1160. The summed E-state index contributed by atoms with van der Waals surface area (Å²) in [6, 6.07) is 5.17. The fourth-order valence-electron chi connectivity index (χ4n) is 3.77. The number of carbonyl (C=O) groups excluding carboxylic acids is 1. The highest BCUT2D eigenvalue weighted by molar-refractivity contribution is 5.91. The standard InChI is InChI=1S/C25H26F6N2O2/c1-4-5-6-7-22(34)33-15-10-19(24(26,27)28)23(20(11-15)25(29,30)31)35-16-8-9-21-17(12-16)18(13-32-21)14(2)3/h8-14,32H,4-7H2,1-3H3,(H,33,34). The Hall–Kier alpha value is -3.17. The van der Waals surface area contributed by atoms with Crippen LogP contribution in [0.4, 0.5) is 32.0 Å². The number of alkyl halides is 6. The first kappa shape index (κ1) is 26.4. The predicted molar refractivity (Wildman–Crippen MR) is 122 cm³/mol. The molecule has 1 amide bonds. The number of amides is 1. The molecule has 10 heteroatoms. The number of halogens is 6. The van der Waals surface area contributed by atoms with Crippen molar-refractivity contribution in [3.63, 3.8) is 0 Å². The highest BCUT2D eigenvalue weighted by atomic mass is 19.4. The maximum Gasteiger partial charge on any atom is 0.420 e. The van der Waals surface area contributed by atoms with Crippen molar-refractivity contribution in [3.8, 4) is 11.5 Å². The molecule has 0 saturated carbocycles. The molecular weight excluding hydrogens is 474 g/mol. The third-order valence-corrected chi connectivity index (χ3v) is 5.52. The van der Waals surface area contributed by atoms with E-state index in [-0.39, 0.29) is 18.1 Å². The molecule has 1 heterocycles. The van der Waals surface area contributed by atoms with Crippen LogP contribution in [0.5, 0.6) is 11.5 Å². The fraction of sp³-hybridized carbons (Fsp3) is 0.400. The Labute approximate surface area is 198 Å². The number of carbonyl (C=O) groups is 1. The lowest BCUT2D eigenvalue weighted by atomic mass is 10.0. The van der Waals surface area contributed by atoms with E-state index in [0.29, 0.717) is 35.9 Å². The number of rotatable bonds is 8. The molecule has 190 valence electrons. The summed E-state index contributed by atoms with van der Waals surface area (Å²) in [5.74, 6) is -2.13. The zero-order chi connectivity index (χ0) is 26.0. The molecule has 2 aromatic carbocycles. The summed E-state index contributed by atoms with van der Waals surface area (Å²) in [6.07, 6.45) is -6.61. The number of anilines is 1. The van der Waals surface area contributed by atoms with Gasteiger partial charge in [0, 0.05) is 29.2 Å². The van der Waals surface area contributed by atoms with Gasteiger partial charge in [-0.05, 0) is 48.2 Å². The minimum absolute atomic E-state index is 0.0103. The topological polar surface area (TPSA) is 54.1 Å². The Balaban J connectivity index is 2.08. The molecular formula is C25H26F6N2O2. The first-order valence-corrected chi connectivity index (χ1v) is 11.2. The smallest absolute Gasteiger partial charge is 0.420 e. The predicted octanol–water partition coefficient (Wildman–Crippen LogP) is 8.64. The monoisotopic (exact) mass is 500 g/mol. The average Bonchev–Trinajstić information content (AvgIpc) is 3.17. The second kappa shape index (κ2) is 10.2. The van der Waals surface area contributed by atoms with E-state index in [1.165, 1.54) is 18.2 Å². The number of aromatic nitrogens is 1. The van der Waals surface area contributed by atoms with Crippen LogP contribution in [0.15, 0.2) is 36.5 Å². The van der Waals surface area contributed by atoms with Crippen LogP contribution in [0.3, 0.4) is 0 Å². The van der Waals surface area contributed by atoms with Crippen molar-refractivity contribution in [1.29, 1.82) is 0 Å². The highest BCUT2D eigenvalue weighted by Crippen LogP contribution is 2.47. The molecule has 3 aromatic rings. The van der Waals surface area contributed by atoms with E-state index in [0.717, 1.165) is 12.0 Å². The van der Waals surface area contributed by atoms with Crippen molar-refractivity contribution in [2.75, 3.05) is 5.32 Å². The van der Waals surface area contributed by atoms with Gasteiger partial charge in [-0.3, -0.25) is 4.79 Å². The van der Waals surface area contributed by atoms with Gasteiger partial charge in [-0.15, -0.1) is 0 Å². The average molecular weight is 500 g/mol. The van der Waals surface area contributed by atoms with Gasteiger partial charge in [0.1, 0.15) is 16.9 Å². The zero-order valence-electron chi connectivity index (χ0n) is 19.5. The molecule has 0 spiro atoms. The maximum absolute atomic E-state index is 13.9. The summed E-state index contributed by atoms with van der Waals surface area (Å²) in [7, 11) is 0. The lowest BCUT2D eigenvalue weighted by Gasteiger charge is -2.21. The van der Waals surface area contributed by atoms with Crippen LogP contribution in [0.2, 0.25) is 0 Å². The number of H-pyrrole nitrogens is 1. The number of nitrogens with one attached hydrogen (secondary N) is 2. The summed E-state index contributed by atoms with van der Waals surface area (Å²) in [4.78, 5) is 15.1. The van der Waals surface area contributed by atoms with Gasteiger partial charge in [0.15, 0.2) is 5.75 Å². The zero-order valence-corrected chi connectivity index (χ0v) is 19.5. The van der Waals surface area contributed by atoms with E-state index < -0.39 is 40.8 Å². The minimum atomic E-state index is -5.17. The molecule has 0 bridgehead atoms. The van der Waals surface area contributed by atoms with Gasteiger partial charge in [-0.2, -0.15) is 26.3 Å². The number of ether oxygens (including phenoxy) is 1. The van der Waals surface area contributed by atoms with Crippen LogP contribution in [-0.4, -0.2) is 10.9 Å². The van der Waals surface area contributed by atoms with Gasteiger partial charge in [0.05, 0.1) is 0 Å². The normalized spacial score (nSPS) is 12.4. The van der Waals surface area contributed by atoms with E-state index in [4.69, 9.17) is 4.74 Å². The molecule has 0 unspecified atom stereocenters. The molecule has 0 saturated heterocycles. The number of hydrogen-bond donors (Lipinski definition) is 2. The third-order valence-electron chi connectivity index (χ3n) is 5.52. The van der Waals surface area contributed by atoms with Crippen molar-refractivity contribution in [2.45, 2.75) is 64.7 Å². The first-order chi connectivity index (χ1) is 16.3. The molecule has 0 radical (unpaired) electrons.